The molecule has 4 nitrogen and oxygen atoms in total. The molecule has 3 aromatic rings. The zero-order chi connectivity index (χ0) is 16.7. The number of benzene rings is 2. The van der Waals surface area contributed by atoms with E-state index in [2.05, 4.69) is 10.3 Å². The molecule has 3 rings (SSSR count). The van der Waals surface area contributed by atoms with Crippen LogP contribution in [0.15, 0.2) is 24.3 Å². The predicted octanol–water partition coefficient (Wildman–Crippen LogP) is 4.71. The number of thiazole rings is 1. The second kappa shape index (κ2) is 5.83. The molecule has 1 aromatic heterocycles. The zero-order valence-corrected chi connectivity index (χ0v) is 14.6. The molecule has 6 heteroatoms. The summed E-state index contributed by atoms with van der Waals surface area (Å²) in [5.41, 5.74) is 10.8. The highest BCUT2D eigenvalue weighted by Gasteiger charge is 2.15. The number of hydrogen-bond donors (Lipinski definition) is 2. The first-order valence-electron chi connectivity index (χ1n) is 7.10. The Labute approximate surface area is 143 Å². The minimum atomic E-state index is -0.185. The Hall–Kier alpha value is -2.11. The SMILES string of the molecule is Cc1ccc(C(=O)Nc2c(C)cc3nc(N)sc3c2C)cc1Cl. The number of hydrogen-bond acceptors (Lipinski definition) is 4. The second-order valence-corrected chi connectivity index (χ2v) is 6.95. The molecule has 0 radical (unpaired) electrons. The van der Waals surface area contributed by atoms with Crippen molar-refractivity contribution in [3.05, 3.63) is 51.5 Å². The van der Waals surface area contributed by atoms with Crippen LogP contribution in [0.3, 0.4) is 0 Å². The molecule has 0 bridgehead atoms. The Bertz CT molecular complexity index is 933. The van der Waals surface area contributed by atoms with Gasteiger partial charge >= 0.3 is 0 Å². The number of carbonyl (C=O) groups is 1. The maximum absolute atomic E-state index is 12.5. The van der Waals surface area contributed by atoms with Crippen LogP contribution >= 0.6 is 22.9 Å². The number of anilines is 2. The van der Waals surface area contributed by atoms with E-state index in [0.29, 0.717) is 15.7 Å². The number of amides is 1. The van der Waals surface area contributed by atoms with Crippen LogP contribution in [0.5, 0.6) is 0 Å². The molecule has 0 unspecified atom stereocenters. The van der Waals surface area contributed by atoms with Crippen molar-refractivity contribution in [3.63, 3.8) is 0 Å². The number of fused-ring (bicyclic) bond motifs is 1. The van der Waals surface area contributed by atoms with Crippen molar-refractivity contribution >= 4 is 49.9 Å². The first-order chi connectivity index (χ1) is 10.9. The summed E-state index contributed by atoms with van der Waals surface area (Å²) in [6.07, 6.45) is 0. The van der Waals surface area contributed by atoms with Crippen molar-refractivity contribution in [1.82, 2.24) is 4.98 Å². The van der Waals surface area contributed by atoms with Gasteiger partial charge in [-0.25, -0.2) is 4.98 Å². The fourth-order valence-corrected chi connectivity index (χ4v) is 3.51. The van der Waals surface area contributed by atoms with Gasteiger partial charge in [0.05, 0.1) is 10.2 Å². The van der Waals surface area contributed by atoms with Crippen molar-refractivity contribution in [3.8, 4) is 0 Å². The average molecular weight is 346 g/mol. The van der Waals surface area contributed by atoms with Crippen LogP contribution < -0.4 is 11.1 Å². The van der Waals surface area contributed by atoms with Gasteiger partial charge in [-0.05, 0) is 55.7 Å². The lowest BCUT2D eigenvalue weighted by atomic mass is 10.1. The fourth-order valence-electron chi connectivity index (χ4n) is 2.51. The second-order valence-electron chi connectivity index (χ2n) is 5.51. The number of aromatic nitrogens is 1. The van der Waals surface area contributed by atoms with E-state index in [0.717, 1.165) is 32.6 Å². The number of nitrogens with one attached hydrogen (secondary N) is 1. The number of nitrogens with two attached hydrogens (primary N) is 1. The third kappa shape index (κ3) is 2.90. The summed E-state index contributed by atoms with van der Waals surface area (Å²) in [6.45, 7) is 5.81. The van der Waals surface area contributed by atoms with E-state index >= 15 is 0 Å². The Morgan fingerprint density at radius 3 is 2.65 bits per heavy atom. The van der Waals surface area contributed by atoms with Crippen LogP contribution in [-0.2, 0) is 0 Å². The van der Waals surface area contributed by atoms with E-state index in [-0.39, 0.29) is 5.91 Å². The van der Waals surface area contributed by atoms with Gasteiger partial charge in [-0.1, -0.05) is 29.0 Å². The molecular weight excluding hydrogens is 330 g/mol. The Balaban J connectivity index is 2.00. The van der Waals surface area contributed by atoms with Gasteiger partial charge in [0.15, 0.2) is 5.13 Å². The summed E-state index contributed by atoms with van der Waals surface area (Å²) in [7, 11) is 0. The summed E-state index contributed by atoms with van der Waals surface area (Å²) in [5, 5.41) is 4.09. The van der Waals surface area contributed by atoms with E-state index in [1.807, 2.05) is 32.9 Å². The third-order valence-electron chi connectivity index (χ3n) is 3.81. The largest absolute Gasteiger partial charge is 0.375 e. The van der Waals surface area contributed by atoms with Crippen molar-refractivity contribution < 1.29 is 4.79 Å². The molecule has 0 aliphatic heterocycles. The summed E-state index contributed by atoms with van der Waals surface area (Å²) < 4.78 is 0.991. The van der Waals surface area contributed by atoms with Crippen molar-refractivity contribution in [2.24, 2.45) is 0 Å². The molecule has 0 saturated heterocycles. The normalized spacial score (nSPS) is 11.0. The molecular formula is C17H16ClN3OS. The molecule has 1 heterocycles. The van der Waals surface area contributed by atoms with Gasteiger partial charge in [0.1, 0.15) is 0 Å². The van der Waals surface area contributed by atoms with Crippen molar-refractivity contribution in [1.29, 1.82) is 0 Å². The van der Waals surface area contributed by atoms with Crippen LogP contribution in [0, 0.1) is 20.8 Å². The maximum Gasteiger partial charge on any atom is 0.255 e. The van der Waals surface area contributed by atoms with Gasteiger partial charge in [-0.15, -0.1) is 0 Å². The van der Waals surface area contributed by atoms with Crippen LogP contribution in [0.25, 0.3) is 10.2 Å². The summed E-state index contributed by atoms with van der Waals surface area (Å²) >= 11 is 7.53. The van der Waals surface area contributed by atoms with Gasteiger partial charge in [-0.3, -0.25) is 4.79 Å². The molecule has 0 aliphatic carbocycles. The fraction of sp³-hybridized carbons (Fsp3) is 0.176. The highest BCUT2D eigenvalue weighted by molar-refractivity contribution is 7.22. The first kappa shape index (κ1) is 15.8. The summed E-state index contributed by atoms with van der Waals surface area (Å²) in [6, 6.07) is 7.22. The van der Waals surface area contributed by atoms with Crippen LogP contribution in [-0.4, -0.2) is 10.9 Å². The number of aryl methyl sites for hydroxylation is 3. The number of nitrogens with zero attached hydrogens (tertiary/aromatic N) is 1. The molecule has 1 amide bonds. The standard InChI is InChI=1S/C17H16ClN3OS/c1-8-4-5-11(7-12(8)18)16(22)21-14-9(2)6-13-15(10(14)3)23-17(19)20-13/h4-7H,1-3H3,(H2,19,20)(H,21,22). The number of carbonyl (C=O) groups excluding carboxylic acids is 1. The molecule has 0 atom stereocenters. The van der Waals surface area contributed by atoms with E-state index < -0.39 is 0 Å². The van der Waals surface area contributed by atoms with Gasteiger partial charge in [0, 0.05) is 16.3 Å². The van der Waals surface area contributed by atoms with E-state index in [1.54, 1.807) is 12.1 Å². The molecule has 23 heavy (non-hydrogen) atoms. The van der Waals surface area contributed by atoms with Gasteiger partial charge in [0.25, 0.3) is 5.91 Å². The lowest BCUT2D eigenvalue weighted by molar-refractivity contribution is 0.102. The molecule has 3 N–H and O–H groups in total. The lowest BCUT2D eigenvalue weighted by Crippen LogP contribution is -2.14. The molecule has 0 saturated carbocycles. The van der Waals surface area contributed by atoms with Crippen LogP contribution in [0.1, 0.15) is 27.0 Å². The molecule has 2 aromatic carbocycles. The van der Waals surface area contributed by atoms with E-state index in [9.17, 15) is 4.79 Å². The van der Waals surface area contributed by atoms with Crippen molar-refractivity contribution in [2.45, 2.75) is 20.8 Å². The topological polar surface area (TPSA) is 68.0 Å². The number of nitrogen functional groups attached to an aromatic ring is 1. The van der Waals surface area contributed by atoms with E-state index in [4.69, 9.17) is 17.3 Å². The highest BCUT2D eigenvalue weighted by Crippen LogP contribution is 2.34. The molecule has 0 spiro atoms. The zero-order valence-electron chi connectivity index (χ0n) is 13.0. The van der Waals surface area contributed by atoms with Gasteiger partial charge < -0.3 is 11.1 Å². The Kier molecular flexibility index (Phi) is 4.00. The smallest absolute Gasteiger partial charge is 0.255 e. The van der Waals surface area contributed by atoms with Gasteiger partial charge in [-0.2, -0.15) is 0 Å². The quantitative estimate of drug-likeness (QED) is 0.706. The third-order valence-corrected chi connectivity index (χ3v) is 5.23. The van der Waals surface area contributed by atoms with Crippen molar-refractivity contribution in [2.75, 3.05) is 11.1 Å². The lowest BCUT2D eigenvalue weighted by Gasteiger charge is -2.13. The Morgan fingerprint density at radius 2 is 1.96 bits per heavy atom. The maximum atomic E-state index is 12.5. The van der Waals surface area contributed by atoms with Crippen LogP contribution in [0.4, 0.5) is 10.8 Å². The number of rotatable bonds is 2. The Morgan fingerprint density at radius 1 is 1.22 bits per heavy atom. The summed E-state index contributed by atoms with van der Waals surface area (Å²) in [4.78, 5) is 16.8. The minimum Gasteiger partial charge on any atom is -0.375 e. The number of halogens is 1. The highest BCUT2D eigenvalue weighted by atomic mass is 35.5. The van der Waals surface area contributed by atoms with Gasteiger partial charge in [0.2, 0.25) is 0 Å². The minimum absolute atomic E-state index is 0.185. The predicted molar refractivity (Wildman–Crippen MR) is 97.6 cm³/mol. The molecule has 0 aliphatic rings. The summed E-state index contributed by atoms with van der Waals surface area (Å²) in [5.74, 6) is -0.185. The monoisotopic (exact) mass is 345 g/mol. The average Bonchev–Trinajstić information content (AvgIpc) is 2.86. The molecule has 118 valence electrons. The van der Waals surface area contributed by atoms with E-state index in [1.165, 1.54) is 11.3 Å². The van der Waals surface area contributed by atoms with Crippen LogP contribution in [0.2, 0.25) is 5.02 Å². The molecule has 0 fully saturated rings. The first-order valence-corrected chi connectivity index (χ1v) is 8.30.